The van der Waals surface area contributed by atoms with Crippen LogP contribution in [0.1, 0.15) is 36.3 Å². The predicted octanol–water partition coefficient (Wildman–Crippen LogP) is 3.39. The van der Waals surface area contributed by atoms with Crippen LogP contribution in [0.5, 0.6) is 0 Å². The molecule has 1 saturated carbocycles. The molecule has 3 nitrogen and oxygen atoms in total. The summed E-state index contributed by atoms with van der Waals surface area (Å²) in [4.78, 5) is 4.38. The fourth-order valence-electron chi connectivity index (χ4n) is 3.44. The van der Waals surface area contributed by atoms with E-state index in [9.17, 15) is 0 Å². The van der Waals surface area contributed by atoms with Crippen LogP contribution in [-0.4, -0.2) is 37.1 Å². The fraction of sp³-hybridized carbons (Fsp3) is 0.588. The first-order chi connectivity index (χ1) is 10.3. The van der Waals surface area contributed by atoms with E-state index in [-0.39, 0.29) is 24.0 Å². The molecular formula is C17H26IN3S. The molecule has 1 fully saturated rings. The number of hydrogen-bond donors (Lipinski definition) is 2. The zero-order valence-corrected chi connectivity index (χ0v) is 16.5. The first-order valence-electron chi connectivity index (χ1n) is 7.88. The molecule has 0 aliphatic heterocycles. The van der Waals surface area contributed by atoms with Crippen LogP contribution in [0.15, 0.2) is 29.3 Å². The molecule has 22 heavy (non-hydrogen) atoms. The Morgan fingerprint density at radius 2 is 2.14 bits per heavy atom. The van der Waals surface area contributed by atoms with Crippen molar-refractivity contribution in [1.82, 2.24) is 10.6 Å². The van der Waals surface area contributed by atoms with Gasteiger partial charge >= 0.3 is 0 Å². The monoisotopic (exact) mass is 431 g/mol. The fourth-order valence-corrected chi connectivity index (χ4v) is 4.23. The number of halogens is 1. The molecule has 0 bridgehead atoms. The van der Waals surface area contributed by atoms with Gasteiger partial charge in [0.15, 0.2) is 5.96 Å². The molecule has 0 radical (unpaired) electrons. The van der Waals surface area contributed by atoms with Crippen molar-refractivity contribution in [2.24, 2.45) is 4.99 Å². The molecule has 2 aliphatic rings. The van der Waals surface area contributed by atoms with Crippen LogP contribution in [0, 0.1) is 0 Å². The van der Waals surface area contributed by atoms with E-state index in [1.807, 2.05) is 18.8 Å². The van der Waals surface area contributed by atoms with Gasteiger partial charge in [0.25, 0.3) is 0 Å². The van der Waals surface area contributed by atoms with Crippen LogP contribution in [0.4, 0.5) is 0 Å². The molecule has 3 rings (SSSR count). The van der Waals surface area contributed by atoms with Crippen molar-refractivity contribution in [2.75, 3.05) is 19.8 Å². The highest BCUT2D eigenvalue weighted by molar-refractivity contribution is 14.0. The quantitative estimate of drug-likeness (QED) is 0.436. The van der Waals surface area contributed by atoms with Gasteiger partial charge < -0.3 is 10.6 Å². The Bertz CT molecular complexity index is 520. The van der Waals surface area contributed by atoms with Gasteiger partial charge in [-0.25, -0.2) is 0 Å². The summed E-state index contributed by atoms with van der Waals surface area (Å²) in [6.07, 6.45) is 7.25. The molecule has 3 atom stereocenters. The number of nitrogens with zero attached hydrogens (tertiary/aromatic N) is 1. The molecule has 2 aliphatic carbocycles. The minimum Gasteiger partial charge on any atom is -0.356 e. The van der Waals surface area contributed by atoms with Gasteiger partial charge in [-0.1, -0.05) is 24.3 Å². The summed E-state index contributed by atoms with van der Waals surface area (Å²) >= 11 is 1.99. The first kappa shape index (κ1) is 17.9. The van der Waals surface area contributed by atoms with E-state index in [2.05, 4.69) is 46.1 Å². The number of hydrogen-bond acceptors (Lipinski definition) is 2. The SMILES string of the molecule is CN=C(NCC1Cc2ccccc21)NC1CCC(SC)C1.I. The lowest BCUT2D eigenvalue weighted by atomic mass is 9.78. The van der Waals surface area contributed by atoms with E-state index in [1.54, 1.807) is 0 Å². The van der Waals surface area contributed by atoms with E-state index in [1.165, 1.54) is 36.8 Å². The van der Waals surface area contributed by atoms with Crippen molar-refractivity contribution >= 4 is 41.7 Å². The lowest BCUT2D eigenvalue weighted by Gasteiger charge is -2.31. The smallest absolute Gasteiger partial charge is 0.191 e. The zero-order valence-electron chi connectivity index (χ0n) is 13.3. The molecule has 122 valence electrons. The van der Waals surface area contributed by atoms with Crippen LogP contribution in [-0.2, 0) is 6.42 Å². The summed E-state index contributed by atoms with van der Waals surface area (Å²) in [6, 6.07) is 9.34. The molecule has 3 unspecified atom stereocenters. The topological polar surface area (TPSA) is 36.4 Å². The maximum atomic E-state index is 4.38. The summed E-state index contributed by atoms with van der Waals surface area (Å²) in [6.45, 7) is 0.982. The number of benzene rings is 1. The largest absolute Gasteiger partial charge is 0.356 e. The van der Waals surface area contributed by atoms with E-state index in [0.717, 1.165) is 17.8 Å². The summed E-state index contributed by atoms with van der Waals surface area (Å²) in [5, 5.41) is 7.91. The van der Waals surface area contributed by atoms with Crippen molar-refractivity contribution in [1.29, 1.82) is 0 Å². The first-order valence-corrected chi connectivity index (χ1v) is 9.16. The number of thioether (sulfide) groups is 1. The Morgan fingerprint density at radius 1 is 1.32 bits per heavy atom. The molecule has 1 aromatic rings. The summed E-state index contributed by atoms with van der Waals surface area (Å²) in [5.74, 6) is 1.61. The maximum Gasteiger partial charge on any atom is 0.191 e. The Hall–Kier alpha value is -0.430. The Morgan fingerprint density at radius 3 is 2.82 bits per heavy atom. The van der Waals surface area contributed by atoms with Gasteiger partial charge in [0.05, 0.1) is 0 Å². The molecule has 0 saturated heterocycles. The van der Waals surface area contributed by atoms with Crippen LogP contribution in [0.25, 0.3) is 0 Å². The number of fused-ring (bicyclic) bond motifs is 1. The minimum atomic E-state index is 0. The third-order valence-corrected chi connectivity index (χ3v) is 5.85. The van der Waals surface area contributed by atoms with Crippen molar-refractivity contribution < 1.29 is 0 Å². The van der Waals surface area contributed by atoms with Crippen LogP contribution in [0.3, 0.4) is 0 Å². The van der Waals surface area contributed by atoms with Crippen molar-refractivity contribution in [2.45, 2.75) is 42.9 Å². The van der Waals surface area contributed by atoms with E-state index >= 15 is 0 Å². The van der Waals surface area contributed by atoms with Crippen molar-refractivity contribution in [3.8, 4) is 0 Å². The van der Waals surface area contributed by atoms with Gasteiger partial charge in [-0.2, -0.15) is 11.8 Å². The molecule has 0 heterocycles. The highest BCUT2D eigenvalue weighted by Crippen LogP contribution is 2.34. The molecule has 0 amide bonds. The van der Waals surface area contributed by atoms with Crippen LogP contribution in [0.2, 0.25) is 0 Å². The number of guanidine groups is 1. The Labute approximate surface area is 155 Å². The normalized spacial score (nSPS) is 26.6. The lowest BCUT2D eigenvalue weighted by Crippen LogP contribution is -2.44. The predicted molar refractivity (Wildman–Crippen MR) is 108 cm³/mol. The van der Waals surface area contributed by atoms with Crippen molar-refractivity contribution in [3.05, 3.63) is 35.4 Å². The lowest BCUT2D eigenvalue weighted by molar-refractivity contribution is 0.567. The third kappa shape index (κ3) is 4.10. The summed E-state index contributed by atoms with van der Waals surface area (Å²) in [7, 11) is 1.87. The van der Waals surface area contributed by atoms with Gasteiger partial charge in [-0.05, 0) is 43.1 Å². The average molecular weight is 431 g/mol. The minimum absolute atomic E-state index is 0. The van der Waals surface area contributed by atoms with E-state index < -0.39 is 0 Å². The average Bonchev–Trinajstić information content (AvgIpc) is 2.94. The number of nitrogens with one attached hydrogen (secondary N) is 2. The van der Waals surface area contributed by atoms with Gasteiger partial charge in [-0.3, -0.25) is 4.99 Å². The summed E-state index contributed by atoms with van der Waals surface area (Å²) in [5.41, 5.74) is 3.01. The highest BCUT2D eigenvalue weighted by Gasteiger charge is 2.27. The van der Waals surface area contributed by atoms with Crippen LogP contribution >= 0.6 is 35.7 Å². The third-order valence-electron chi connectivity index (χ3n) is 4.76. The Kier molecular flexibility index (Phi) is 6.87. The van der Waals surface area contributed by atoms with Crippen molar-refractivity contribution in [3.63, 3.8) is 0 Å². The molecule has 2 N–H and O–H groups in total. The maximum absolute atomic E-state index is 4.38. The molecule has 0 spiro atoms. The van der Waals surface area contributed by atoms with Gasteiger partial charge in [-0.15, -0.1) is 24.0 Å². The number of rotatable bonds is 4. The highest BCUT2D eigenvalue weighted by atomic mass is 127. The van der Waals surface area contributed by atoms with E-state index in [0.29, 0.717) is 12.0 Å². The molecular weight excluding hydrogens is 405 g/mol. The van der Waals surface area contributed by atoms with Gasteiger partial charge in [0, 0.05) is 30.8 Å². The van der Waals surface area contributed by atoms with Crippen LogP contribution < -0.4 is 10.6 Å². The standard InChI is InChI=1S/C17H25N3S.HI/c1-18-17(20-14-7-8-15(10-14)21-2)19-11-13-9-12-5-3-4-6-16(12)13;/h3-6,13-15H,7-11H2,1-2H3,(H2,18,19,20);1H. The second-order valence-corrected chi connectivity index (χ2v) is 7.20. The number of aliphatic imine (C=N–C) groups is 1. The second kappa shape index (κ2) is 8.43. The summed E-state index contributed by atoms with van der Waals surface area (Å²) < 4.78 is 0. The second-order valence-electron chi connectivity index (χ2n) is 6.06. The molecule has 1 aromatic carbocycles. The van der Waals surface area contributed by atoms with E-state index in [4.69, 9.17) is 0 Å². The zero-order chi connectivity index (χ0) is 14.7. The van der Waals surface area contributed by atoms with Gasteiger partial charge in [0.2, 0.25) is 0 Å². The Balaban J connectivity index is 0.00000176. The molecule has 5 heteroatoms. The van der Waals surface area contributed by atoms with Gasteiger partial charge in [0.1, 0.15) is 0 Å². The molecule has 0 aromatic heterocycles.